The van der Waals surface area contributed by atoms with Crippen molar-refractivity contribution in [2.24, 2.45) is 0 Å². The number of rotatable bonds is 5. The van der Waals surface area contributed by atoms with Gasteiger partial charge in [0.1, 0.15) is 12.2 Å². The number of methoxy groups -OCH3 is 1. The van der Waals surface area contributed by atoms with Crippen LogP contribution in [0.2, 0.25) is 0 Å². The maximum absolute atomic E-state index is 11.2. The Morgan fingerprint density at radius 1 is 1.47 bits per heavy atom. The van der Waals surface area contributed by atoms with Gasteiger partial charge in [0.15, 0.2) is 5.78 Å². The maximum atomic E-state index is 11.2. The number of nitrogens with zero attached hydrogens (tertiary/aromatic N) is 1. The van der Waals surface area contributed by atoms with Crippen LogP contribution < -0.4 is 0 Å². The summed E-state index contributed by atoms with van der Waals surface area (Å²) in [6.45, 7) is 1.26. The number of nitro benzene ring substituents is 1. The largest absolute Gasteiger partial charge is 0.385 e. The molecule has 1 aromatic rings. The Morgan fingerprint density at radius 2 is 2.06 bits per heavy atom. The highest BCUT2D eigenvalue weighted by atomic mass is 16.6. The van der Waals surface area contributed by atoms with Gasteiger partial charge in [0.05, 0.1) is 10.5 Å². The number of ether oxygens (including phenoxy) is 1. The van der Waals surface area contributed by atoms with Crippen LogP contribution >= 0.6 is 0 Å². The number of aliphatic hydroxyl groups is 1. The lowest BCUT2D eigenvalue weighted by Crippen LogP contribution is -2.28. The Bertz CT molecular complexity index is 432. The van der Waals surface area contributed by atoms with E-state index in [9.17, 15) is 20.0 Å². The van der Waals surface area contributed by atoms with Crippen molar-refractivity contribution in [1.82, 2.24) is 0 Å². The fourth-order valence-corrected chi connectivity index (χ4v) is 1.58. The number of benzene rings is 1. The summed E-state index contributed by atoms with van der Waals surface area (Å²) in [5.74, 6) is -0.391. The van der Waals surface area contributed by atoms with Crippen LogP contribution in [0.5, 0.6) is 0 Å². The van der Waals surface area contributed by atoms with Gasteiger partial charge in [-0.25, -0.2) is 0 Å². The fraction of sp³-hybridized carbons (Fsp3) is 0.364. The van der Waals surface area contributed by atoms with E-state index in [1.165, 1.54) is 32.2 Å². The van der Waals surface area contributed by atoms with E-state index in [1.54, 1.807) is 6.07 Å². The molecule has 92 valence electrons. The molecule has 0 radical (unpaired) electrons. The topological polar surface area (TPSA) is 89.7 Å². The zero-order valence-corrected chi connectivity index (χ0v) is 9.49. The van der Waals surface area contributed by atoms with Gasteiger partial charge in [-0.15, -0.1) is 0 Å². The minimum Gasteiger partial charge on any atom is -0.385 e. The second-order valence-electron chi connectivity index (χ2n) is 3.53. The van der Waals surface area contributed by atoms with Crippen molar-refractivity contribution < 1.29 is 19.6 Å². The molecule has 0 unspecified atom stereocenters. The smallest absolute Gasteiger partial charge is 0.275 e. The molecule has 0 saturated carbocycles. The minimum atomic E-state index is -1.35. The molecule has 0 bridgehead atoms. The highest BCUT2D eigenvalue weighted by Gasteiger charge is 2.29. The maximum Gasteiger partial charge on any atom is 0.275 e. The van der Waals surface area contributed by atoms with Gasteiger partial charge >= 0.3 is 0 Å². The number of para-hydroxylation sites is 1. The molecule has 0 heterocycles. The Hall–Kier alpha value is -1.79. The van der Waals surface area contributed by atoms with Gasteiger partial charge in [0, 0.05) is 13.2 Å². The first-order valence-electron chi connectivity index (χ1n) is 4.93. The van der Waals surface area contributed by atoms with Crippen molar-refractivity contribution in [3.63, 3.8) is 0 Å². The Labute approximate surface area is 98.0 Å². The average Bonchev–Trinajstić information content (AvgIpc) is 2.29. The summed E-state index contributed by atoms with van der Waals surface area (Å²) in [5, 5.41) is 20.7. The molecule has 0 aliphatic carbocycles. The van der Waals surface area contributed by atoms with Crippen molar-refractivity contribution in [2.45, 2.75) is 19.1 Å². The molecule has 6 nitrogen and oxygen atoms in total. The molecular weight excluding hydrogens is 226 g/mol. The molecule has 1 N–H and O–H groups in total. The van der Waals surface area contributed by atoms with Crippen LogP contribution in [-0.2, 0) is 9.53 Å². The van der Waals surface area contributed by atoms with Crippen LogP contribution in [0.25, 0.3) is 0 Å². The van der Waals surface area contributed by atoms with Crippen molar-refractivity contribution in [3.05, 3.63) is 39.9 Å². The fourth-order valence-electron chi connectivity index (χ4n) is 1.58. The van der Waals surface area contributed by atoms with E-state index >= 15 is 0 Å². The number of aliphatic hydroxyl groups excluding tert-OH is 1. The van der Waals surface area contributed by atoms with Crippen LogP contribution in [-0.4, -0.2) is 29.0 Å². The van der Waals surface area contributed by atoms with Crippen LogP contribution in [0.4, 0.5) is 5.69 Å². The van der Waals surface area contributed by atoms with Gasteiger partial charge in [-0.1, -0.05) is 12.1 Å². The van der Waals surface area contributed by atoms with Gasteiger partial charge in [0.25, 0.3) is 5.69 Å². The zero-order valence-electron chi connectivity index (χ0n) is 9.49. The number of carbonyl (C=O) groups is 1. The third kappa shape index (κ3) is 2.86. The summed E-state index contributed by atoms with van der Waals surface area (Å²) < 4.78 is 4.84. The predicted octanol–water partition coefficient (Wildman–Crippen LogP) is 1.23. The molecule has 0 fully saturated rings. The van der Waals surface area contributed by atoms with Gasteiger partial charge < -0.3 is 9.84 Å². The van der Waals surface area contributed by atoms with Gasteiger partial charge in [-0.05, 0) is 13.0 Å². The molecule has 6 heteroatoms. The average molecular weight is 239 g/mol. The lowest BCUT2D eigenvalue weighted by Gasteiger charge is -2.18. The number of ketones is 1. The van der Waals surface area contributed by atoms with Crippen LogP contribution in [0, 0.1) is 10.1 Å². The second kappa shape index (κ2) is 5.51. The monoisotopic (exact) mass is 239 g/mol. The van der Waals surface area contributed by atoms with Crippen molar-refractivity contribution in [2.75, 3.05) is 7.11 Å². The first-order valence-corrected chi connectivity index (χ1v) is 4.93. The molecule has 2 atom stereocenters. The molecule has 17 heavy (non-hydrogen) atoms. The van der Waals surface area contributed by atoms with Gasteiger partial charge in [-0.2, -0.15) is 0 Å². The van der Waals surface area contributed by atoms with Gasteiger partial charge in [-0.3, -0.25) is 14.9 Å². The van der Waals surface area contributed by atoms with Crippen molar-refractivity contribution >= 4 is 11.5 Å². The second-order valence-corrected chi connectivity index (χ2v) is 3.53. The first-order chi connectivity index (χ1) is 7.99. The van der Waals surface area contributed by atoms with E-state index < -0.39 is 22.9 Å². The Balaban J connectivity index is 3.15. The number of carbonyl (C=O) groups excluding carboxylic acids is 1. The summed E-state index contributed by atoms with van der Waals surface area (Å²) in [7, 11) is 1.27. The Morgan fingerprint density at radius 3 is 2.53 bits per heavy atom. The predicted molar refractivity (Wildman–Crippen MR) is 59.5 cm³/mol. The summed E-state index contributed by atoms with van der Waals surface area (Å²) in [4.78, 5) is 21.4. The molecule has 1 aromatic carbocycles. The number of Topliss-reactive ketones (excluding diaryl/α,β-unsaturated/α-hetero) is 1. The molecule has 1 rings (SSSR count). The molecule has 0 saturated heterocycles. The molecule has 0 spiro atoms. The zero-order chi connectivity index (χ0) is 13.0. The lowest BCUT2D eigenvalue weighted by molar-refractivity contribution is -0.386. The van der Waals surface area contributed by atoms with E-state index in [1.807, 2.05) is 0 Å². The minimum absolute atomic E-state index is 0.0690. The lowest BCUT2D eigenvalue weighted by atomic mass is 10.0. The first kappa shape index (κ1) is 13.3. The normalized spacial score (nSPS) is 14.1. The van der Waals surface area contributed by atoms with Crippen LogP contribution in [0.1, 0.15) is 18.6 Å². The van der Waals surface area contributed by atoms with Crippen LogP contribution in [0.3, 0.4) is 0 Å². The van der Waals surface area contributed by atoms with E-state index in [0.717, 1.165) is 0 Å². The standard InChI is InChI=1S/C11H13NO5/c1-7(13)11(17-2)10(14)8-5-3-4-6-9(8)12(15)16/h3-6,10-11,14H,1-2H3/t10-,11+/m0/s1. The van der Waals surface area contributed by atoms with Gasteiger partial charge in [0.2, 0.25) is 0 Å². The van der Waals surface area contributed by atoms with E-state index in [0.29, 0.717) is 0 Å². The van der Waals surface area contributed by atoms with Crippen molar-refractivity contribution in [3.8, 4) is 0 Å². The number of nitro groups is 1. The van der Waals surface area contributed by atoms with Crippen molar-refractivity contribution in [1.29, 1.82) is 0 Å². The molecular formula is C11H13NO5. The molecule has 0 aliphatic heterocycles. The quantitative estimate of drug-likeness (QED) is 0.616. The van der Waals surface area contributed by atoms with E-state index in [-0.39, 0.29) is 11.3 Å². The SMILES string of the molecule is CO[C@H](C(C)=O)[C@@H](O)c1ccccc1[N+](=O)[O-]. The molecule has 0 aliphatic rings. The highest BCUT2D eigenvalue weighted by Crippen LogP contribution is 2.28. The summed E-state index contributed by atoms with van der Waals surface area (Å²) in [6, 6.07) is 5.71. The number of hydrogen-bond acceptors (Lipinski definition) is 5. The molecule has 0 aromatic heterocycles. The summed E-state index contributed by atoms with van der Waals surface area (Å²) in [6.07, 6.45) is -2.45. The Kier molecular flexibility index (Phi) is 4.30. The highest BCUT2D eigenvalue weighted by molar-refractivity contribution is 5.81. The summed E-state index contributed by atoms with van der Waals surface area (Å²) >= 11 is 0. The number of hydrogen-bond donors (Lipinski definition) is 1. The van der Waals surface area contributed by atoms with E-state index in [2.05, 4.69) is 0 Å². The third-order valence-electron chi connectivity index (χ3n) is 2.39. The van der Waals surface area contributed by atoms with E-state index in [4.69, 9.17) is 4.74 Å². The van der Waals surface area contributed by atoms with Crippen LogP contribution in [0.15, 0.2) is 24.3 Å². The molecule has 0 amide bonds. The summed E-state index contributed by atoms with van der Waals surface area (Å²) in [5.41, 5.74) is -0.164. The third-order valence-corrected chi connectivity index (χ3v) is 2.39.